The van der Waals surface area contributed by atoms with Gasteiger partial charge in [-0.25, -0.2) is 8.42 Å². The van der Waals surface area contributed by atoms with E-state index in [2.05, 4.69) is 4.98 Å². The molecule has 21 heavy (non-hydrogen) atoms. The minimum atomic E-state index is -3.63. The van der Waals surface area contributed by atoms with Crippen molar-refractivity contribution in [3.63, 3.8) is 0 Å². The Morgan fingerprint density at radius 3 is 2.76 bits per heavy atom. The number of hydrogen-bond acceptors (Lipinski definition) is 5. The summed E-state index contributed by atoms with van der Waals surface area (Å²) in [6.45, 7) is 2.80. The average Bonchev–Trinajstić information content (AvgIpc) is 2.48. The molecule has 0 fully saturated rings. The van der Waals surface area contributed by atoms with Crippen LogP contribution < -0.4 is 5.73 Å². The summed E-state index contributed by atoms with van der Waals surface area (Å²) in [5.74, 6) is 0. The molecule has 0 spiro atoms. The standard InChI is InChI=1S/C14H19N3O3S/c1-3-17(9-10-20-2)21(18,19)13-7-6-12(15)11-5-4-8-16-14(11)13/h4-8H,3,9-10,15H2,1-2H3. The molecule has 1 aromatic carbocycles. The number of likely N-dealkylation sites (N-methyl/N-ethyl adjacent to an activating group) is 1. The van der Waals surface area contributed by atoms with Gasteiger partial charge in [-0.2, -0.15) is 4.31 Å². The molecule has 0 saturated heterocycles. The highest BCUT2D eigenvalue weighted by molar-refractivity contribution is 7.89. The molecule has 0 unspecified atom stereocenters. The Kier molecular flexibility index (Phi) is 4.76. The number of nitrogens with two attached hydrogens (primary N) is 1. The zero-order chi connectivity index (χ0) is 15.5. The van der Waals surface area contributed by atoms with Crippen LogP contribution in [0.1, 0.15) is 6.92 Å². The van der Waals surface area contributed by atoms with Crippen molar-refractivity contribution in [3.05, 3.63) is 30.5 Å². The fourth-order valence-corrected chi connectivity index (χ4v) is 3.74. The number of aromatic nitrogens is 1. The second-order valence-electron chi connectivity index (χ2n) is 4.54. The molecule has 114 valence electrons. The molecule has 1 heterocycles. The summed E-state index contributed by atoms with van der Waals surface area (Å²) >= 11 is 0. The molecule has 0 amide bonds. The van der Waals surface area contributed by atoms with Crippen molar-refractivity contribution in [1.29, 1.82) is 0 Å². The van der Waals surface area contributed by atoms with Gasteiger partial charge in [0.15, 0.2) is 0 Å². The van der Waals surface area contributed by atoms with E-state index in [0.29, 0.717) is 36.3 Å². The Labute approximate surface area is 124 Å². The van der Waals surface area contributed by atoms with Crippen molar-refractivity contribution in [2.24, 2.45) is 0 Å². The third kappa shape index (κ3) is 2.99. The summed E-state index contributed by atoms with van der Waals surface area (Å²) in [5.41, 5.74) is 6.80. The lowest BCUT2D eigenvalue weighted by Crippen LogP contribution is -2.34. The summed E-state index contributed by atoms with van der Waals surface area (Å²) in [7, 11) is -2.09. The van der Waals surface area contributed by atoms with E-state index in [9.17, 15) is 8.42 Å². The number of rotatable bonds is 6. The summed E-state index contributed by atoms with van der Waals surface area (Å²) in [5, 5.41) is 0.640. The van der Waals surface area contributed by atoms with Crippen molar-refractivity contribution >= 4 is 26.6 Å². The largest absolute Gasteiger partial charge is 0.398 e. The van der Waals surface area contributed by atoms with E-state index in [1.807, 2.05) is 0 Å². The summed E-state index contributed by atoms with van der Waals surface area (Å²) in [6.07, 6.45) is 1.56. The lowest BCUT2D eigenvalue weighted by atomic mass is 10.2. The monoisotopic (exact) mass is 309 g/mol. The molecular formula is C14H19N3O3S. The SMILES string of the molecule is CCN(CCOC)S(=O)(=O)c1ccc(N)c2cccnc12. The molecule has 1 aromatic heterocycles. The zero-order valence-corrected chi connectivity index (χ0v) is 12.9. The normalized spacial score (nSPS) is 12.1. The number of fused-ring (bicyclic) bond motifs is 1. The number of nitrogens with zero attached hydrogens (tertiary/aromatic N) is 2. The zero-order valence-electron chi connectivity index (χ0n) is 12.1. The molecule has 0 radical (unpaired) electrons. The fraction of sp³-hybridized carbons (Fsp3) is 0.357. The van der Waals surface area contributed by atoms with E-state index in [1.165, 1.54) is 10.4 Å². The lowest BCUT2D eigenvalue weighted by Gasteiger charge is -2.21. The number of pyridine rings is 1. The second-order valence-corrected chi connectivity index (χ2v) is 6.45. The molecule has 0 aliphatic rings. The molecule has 0 bridgehead atoms. The molecule has 0 saturated carbocycles. The number of nitrogen functional groups attached to an aromatic ring is 1. The van der Waals surface area contributed by atoms with Gasteiger partial charge < -0.3 is 10.5 Å². The Hall–Kier alpha value is -1.70. The number of benzene rings is 1. The first-order valence-corrected chi connectivity index (χ1v) is 8.08. The number of ether oxygens (including phenoxy) is 1. The molecule has 2 aromatic rings. The predicted octanol–water partition coefficient (Wildman–Crippen LogP) is 1.47. The third-order valence-corrected chi connectivity index (χ3v) is 5.29. The number of anilines is 1. The molecule has 2 N–H and O–H groups in total. The van der Waals surface area contributed by atoms with Crippen molar-refractivity contribution in [2.45, 2.75) is 11.8 Å². The van der Waals surface area contributed by atoms with Crippen LogP contribution in [-0.4, -0.2) is 44.5 Å². The van der Waals surface area contributed by atoms with Gasteiger partial charge in [-0.1, -0.05) is 6.92 Å². The molecule has 6 nitrogen and oxygen atoms in total. The van der Waals surface area contributed by atoms with Gasteiger partial charge >= 0.3 is 0 Å². The maximum atomic E-state index is 12.8. The Bertz CT molecular complexity index is 731. The maximum Gasteiger partial charge on any atom is 0.245 e. The van der Waals surface area contributed by atoms with Crippen LogP contribution in [0.5, 0.6) is 0 Å². The number of methoxy groups -OCH3 is 1. The molecule has 0 aliphatic heterocycles. The van der Waals surface area contributed by atoms with Gasteiger partial charge in [0.05, 0.1) is 12.1 Å². The first-order valence-electron chi connectivity index (χ1n) is 6.64. The van der Waals surface area contributed by atoms with Gasteiger partial charge in [-0.3, -0.25) is 4.98 Å². The van der Waals surface area contributed by atoms with Crippen LogP contribution in [0.4, 0.5) is 5.69 Å². The highest BCUT2D eigenvalue weighted by Gasteiger charge is 2.25. The molecule has 0 atom stereocenters. The van der Waals surface area contributed by atoms with Gasteiger partial charge in [0.1, 0.15) is 4.90 Å². The minimum Gasteiger partial charge on any atom is -0.398 e. The topological polar surface area (TPSA) is 85.5 Å². The highest BCUT2D eigenvalue weighted by Crippen LogP contribution is 2.27. The van der Waals surface area contributed by atoms with Crippen molar-refractivity contribution < 1.29 is 13.2 Å². The van der Waals surface area contributed by atoms with Crippen LogP contribution in [0.15, 0.2) is 35.4 Å². The quantitative estimate of drug-likeness (QED) is 0.817. The van der Waals surface area contributed by atoms with Crippen LogP contribution in [0.25, 0.3) is 10.9 Å². The van der Waals surface area contributed by atoms with E-state index < -0.39 is 10.0 Å². The molecular weight excluding hydrogens is 290 g/mol. The Morgan fingerprint density at radius 2 is 2.10 bits per heavy atom. The molecule has 7 heteroatoms. The predicted molar refractivity (Wildman–Crippen MR) is 82.5 cm³/mol. The van der Waals surface area contributed by atoms with E-state index in [-0.39, 0.29) is 4.90 Å². The second kappa shape index (κ2) is 6.38. The smallest absolute Gasteiger partial charge is 0.245 e. The van der Waals surface area contributed by atoms with E-state index in [4.69, 9.17) is 10.5 Å². The summed E-state index contributed by atoms with van der Waals surface area (Å²) < 4.78 is 31.9. The Morgan fingerprint density at radius 1 is 1.33 bits per heavy atom. The van der Waals surface area contributed by atoms with Crippen LogP contribution in [0, 0.1) is 0 Å². The van der Waals surface area contributed by atoms with Crippen LogP contribution in [0.2, 0.25) is 0 Å². The third-order valence-electron chi connectivity index (χ3n) is 3.28. The summed E-state index contributed by atoms with van der Waals surface area (Å²) in [4.78, 5) is 4.36. The van der Waals surface area contributed by atoms with Crippen LogP contribution in [-0.2, 0) is 14.8 Å². The van der Waals surface area contributed by atoms with Crippen molar-refractivity contribution in [3.8, 4) is 0 Å². The van der Waals surface area contributed by atoms with Gasteiger partial charge in [-0.05, 0) is 24.3 Å². The first-order chi connectivity index (χ1) is 10.0. The van der Waals surface area contributed by atoms with E-state index in [0.717, 1.165) is 0 Å². The summed E-state index contributed by atoms with van der Waals surface area (Å²) in [6, 6.07) is 6.61. The van der Waals surface area contributed by atoms with Crippen LogP contribution in [0.3, 0.4) is 0 Å². The van der Waals surface area contributed by atoms with E-state index >= 15 is 0 Å². The molecule has 2 rings (SSSR count). The lowest BCUT2D eigenvalue weighted by molar-refractivity contribution is 0.180. The van der Waals surface area contributed by atoms with Crippen LogP contribution >= 0.6 is 0 Å². The van der Waals surface area contributed by atoms with Gasteiger partial charge in [0, 0.05) is 37.5 Å². The maximum absolute atomic E-state index is 12.8. The Balaban J connectivity index is 2.57. The van der Waals surface area contributed by atoms with Crippen molar-refractivity contribution in [2.75, 3.05) is 32.5 Å². The molecule has 0 aliphatic carbocycles. The van der Waals surface area contributed by atoms with E-state index in [1.54, 1.807) is 38.4 Å². The minimum absolute atomic E-state index is 0.172. The average molecular weight is 309 g/mol. The number of hydrogen-bond donors (Lipinski definition) is 1. The number of sulfonamides is 1. The first kappa shape index (κ1) is 15.7. The highest BCUT2D eigenvalue weighted by atomic mass is 32.2. The van der Waals surface area contributed by atoms with Gasteiger partial charge in [0.25, 0.3) is 0 Å². The van der Waals surface area contributed by atoms with Crippen molar-refractivity contribution in [1.82, 2.24) is 9.29 Å². The van der Waals surface area contributed by atoms with Gasteiger partial charge in [0.2, 0.25) is 10.0 Å². The fourth-order valence-electron chi connectivity index (χ4n) is 2.16. The van der Waals surface area contributed by atoms with Gasteiger partial charge in [-0.15, -0.1) is 0 Å².